The highest BCUT2D eigenvalue weighted by Crippen LogP contribution is 2.34. The van der Waals surface area contributed by atoms with E-state index in [2.05, 4.69) is 9.56 Å². The molecule has 130 valence electrons. The second-order valence-corrected chi connectivity index (χ2v) is 7.59. The molecule has 0 bridgehead atoms. The average molecular weight is 394 g/mol. The molecule has 1 aliphatic rings. The number of rotatable bonds is 2. The maximum absolute atomic E-state index is 12.4. The first-order chi connectivity index (χ1) is 11.8. The van der Waals surface area contributed by atoms with Crippen LogP contribution in [-0.4, -0.2) is 34.6 Å². The van der Waals surface area contributed by atoms with Crippen LogP contribution in [0.15, 0.2) is 34.2 Å². The molecule has 0 radical (unpaired) electrons. The zero-order valence-corrected chi connectivity index (χ0v) is 16.6. The molecule has 0 atom stereocenters. The number of nitrogens with zero attached hydrogens (tertiary/aromatic N) is 3. The summed E-state index contributed by atoms with van der Waals surface area (Å²) >= 11 is 13.7. The third kappa shape index (κ3) is 3.24. The maximum atomic E-state index is 12.4. The lowest BCUT2D eigenvalue weighted by Crippen LogP contribution is -2.23. The van der Waals surface area contributed by atoms with Crippen LogP contribution in [0, 0.1) is 13.8 Å². The van der Waals surface area contributed by atoms with Gasteiger partial charge in [-0.25, -0.2) is 0 Å². The van der Waals surface area contributed by atoms with Crippen LogP contribution in [-0.2, 0) is 4.79 Å². The van der Waals surface area contributed by atoms with Crippen molar-refractivity contribution in [3.05, 3.63) is 56.2 Å². The lowest BCUT2D eigenvalue weighted by Gasteiger charge is -2.12. The van der Waals surface area contributed by atoms with Gasteiger partial charge in [-0.05, 0) is 61.5 Å². The van der Waals surface area contributed by atoms with E-state index in [1.807, 2.05) is 38.1 Å². The molecule has 1 aliphatic heterocycles. The van der Waals surface area contributed by atoms with E-state index in [1.54, 1.807) is 25.1 Å². The van der Waals surface area contributed by atoms with Crippen molar-refractivity contribution in [1.29, 1.82) is 0 Å². The highest BCUT2D eigenvalue weighted by molar-refractivity contribution is 8.18. The summed E-state index contributed by atoms with van der Waals surface area (Å²) in [5, 5.41) is 1.88. The molecule has 1 saturated heterocycles. The van der Waals surface area contributed by atoms with Crippen LogP contribution in [0.3, 0.4) is 0 Å². The third-order valence-corrected chi connectivity index (χ3v) is 5.79. The Kier molecular flexibility index (Phi) is 5.00. The highest BCUT2D eigenvalue weighted by Gasteiger charge is 2.30. The highest BCUT2D eigenvalue weighted by atomic mass is 35.5. The maximum Gasteiger partial charge on any atom is 0.266 e. The van der Waals surface area contributed by atoms with Gasteiger partial charge in [0.25, 0.3) is 5.91 Å². The van der Waals surface area contributed by atoms with E-state index < -0.39 is 0 Å². The van der Waals surface area contributed by atoms with Crippen molar-refractivity contribution in [2.45, 2.75) is 13.8 Å². The molecule has 4 nitrogen and oxygen atoms in total. The van der Waals surface area contributed by atoms with Gasteiger partial charge in [0.1, 0.15) is 0 Å². The van der Waals surface area contributed by atoms with Gasteiger partial charge in [-0.3, -0.25) is 14.7 Å². The minimum atomic E-state index is -0.0417. The summed E-state index contributed by atoms with van der Waals surface area (Å²) in [7, 11) is 3.42. The van der Waals surface area contributed by atoms with E-state index >= 15 is 0 Å². The van der Waals surface area contributed by atoms with Gasteiger partial charge in [0.2, 0.25) is 0 Å². The molecular weight excluding hydrogens is 377 g/mol. The van der Waals surface area contributed by atoms with Crippen LogP contribution in [0.25, 0.3) is 11.8 Å². The van der Waals surface area contributed by atoms with Crippen LogP contribution in [0.2, 0.25) is 10.0 Å². The van der Waals surface area contributed by atoms with Crippen molar-refractivity contribution < 1.29 is 4.79 Å². The van der Waals surface area contributed by atoms with E-state index in [0.29, 0.717) is 20.1 Å². The summed E-state index contributed by atoms with van der Waals surface area (Å²) in [6.07, 6.45) is 1.91. The van der Waals surface area contributed by atoms with E-state index in [9.17, 15) is 4.79 Å². The second kappa shape index (κ2) is 6.90. The molecule has 2 heterocycles. The first kappa shape index (κ1) is 18.1. The minimum Gasteiger partial charge on any atom is -0.316 e. The van der Waals surface area contributed by atoms with Crippen molar-refractivity contribution in [3.63, 3.8) is 0 Å². The number of likely N-dealkylation sites (N-methyl/N-ethyl adjacent to an activating group) is 1. The Morgan fingerprint density at radius 1 is 1.20 bits per heavy atom. The summed E-state index contributed by atoms with van der Waals surface area (Å²) in [6, 6.07) is 7.48. The van der Waals surface area contributed by atoms with Crippen LogP contribution in [0.5, 0.6) is 0 Å². The normalized spacial score (nSPS) is 18.0. The number of hydrogen-bond acceptors (Lipinski definition) is 3. The fourth-order valence-electron chi connectivity index (χ4n) is 2.86. The number of aryl methyl sites for hydroxylation is 1. The van der Waals surface area contributed by atoms with Crippen molar-refractivity contribution in [1.82, 2.24) is 9.47 Å². The number of hydrogen-bond donors (Lipinski definition) is 0. The van der Waals surface area contributed by atoms with Gasteiger partial charge in [0.15, 0.2) is 5.17 Å². The molecule has 0 spiro atoms. The van der Waals surface area contributed by atoms with Gasteiger partial charge in [0, 0.05) is 30.5 Å². The van der Waals surface area contributed by atoms with Crippen molar-refractivity contribution >= 4 is 52.1 Å². The van der Waals surface area contributed by atoms with E-state index in [4.69, 9.17) is 23.2 Å². The van der Waals surface area contributed by atoms with E-state index in [0.717, 1.165) is 22.6 Å². The zero-order valence-electron chi connectivity index (χ0n) is 14.3. The molecule has 3 rings (SSSR count). The monoisotopic (exact) mass is 393 g/mol. The Morgan fingerprint density at radius 3 is 2.52 bits per heavy atom. The first-order valence-electron chi connectivity index (χ1n) is 7.62. The summed E-state index contributed by atoms with van der Waals surface area (Å²) in [5.74, 6) is -0.0417. The van der Waals surface area contributed by atoms with Gasteiger partial charge in [-0.1, -0.05) is 23.2 Å². The number of amides is 1. The van der Waals surface area contributed by atoms with Gasteiger partial charge < -0.3 is 4.57 Å². The summed E-state index contributed by atoms with van der Waals surface area (Å²) in [6.45, 7) is 4.02. The number of aromatic nitrogens is 1. The number of amidine groups is 1. The smallest absolute Gasteiger partial charge is 0.266 e. The second-order valence-electron chi connectivity index (χ2n) is 5.74. The van der Waals surface area contributed by atoms with Crippen molar-refractivity contribution in [2.75, 3.05) is 14.1 Å². The number of benzene rings is 1. The third-order valence-electron chi connectivity index (χ3n) is 4.10. The molecule has 25 heavy (non-hydrogen) atoms. The molecule has 2 aromatic rings. The van der Waals surface area contributed by atoms with Gasteiger partial charge in [0.05, 0.1) is 15.6 Å². The Bertz CT molecular complexity index is 931. The zero-order chi connectivity index (χ0) is 18.3. The summed E-state index contributed by atoms with van der Waals surface area (Å²) < 4.78 is 2.06. The number of carbonyl (C=O) groups is 1. The molecule has 7 heteroatoms. The topological polar surface area (TPSA) is 37.6 Å². The fraction of sp³-hybridized carbons (Fsp3) is 0.222. The van der Waals surface area contributed by atoms with E-state index in [-0.39, 0.29) is 5.91 Å². The van der Waals surface area contributed by atoms with Crippen LogP contribution < -0.4 is 0 Å². The molecule has 0 N–H and O–H groups in total. The van der Waals surface area contributed by atoms with Gasteiger partial charge in [-0.15, -0.1) is 0 Å². The number of thioether (sulfide) groups is 1. The lowest BCUT2D eigenvalue weighted by atomic mass is 10.2. The number of aliphatic imine (C=N–C) groups is 1. The van der Waals surface area contributed by atoms with Crippen LogP contribution in [0.1, 0.15) is 17.0 Å². The molecule has 0 unspecified atom stereocenters. The van der Waals surface area contributed by atoms with Gasteiger partial charge in [-0.2, -0.15) is 0 Å². The average Bonchev–Trinajstić information content (AvgIpc) is 2.99. The Labute approximate surface area is 161 Å². The van der Waals surface area contributed by atoms with Crippen LogP contribution >= 0.6 is 35.0 Å². The van der Waals surface area contributed by atoms with Crippen molar-refractivity contribution in [3.8, 4) is 5.69 Å². The predicted molar refractivity (Wildman–Crippen MR) is 107 cm³/mol. The Hall–Kier alpha value is -1.69. The SMILES string of the molecule is CN=C1S/C(=C/c2cc(C)n(-c3ccc(Cl)cc3Cl)c2C)C(=O)N1C. The van der Waals surface area contributed by atoms with Gasteiger partial charge >= 0.3 is 0 Å². The fourth-order valence-corrected chi connectivity index (χ4v) is 4.27. The summed E-state index contributed by atoms with van der Waals surface area (Å²) in [5.41, 5.74) is 3.88. The molecule has 1 aromatic heterocycles. The molecule has 0 saturated carbocycles. The Balaban J connectivity index is 2.07. The molecule has 1 amide bonds. The minimum absolute atomic E-state index is 0.0417. The Morgan fingerprint density at radius 2 is 1.92 bits per heavy atom. The van der Waals surface area contributed by atoms with E-state index in [1.165, 1.54) is 11.8 Å². The van der Waals surface area contributed by atoms with Crippen LogP contribution in [0.4, 0.5) is 0 Å². The van der Waals surface area contributed by atoms with Crippen molar-refractivity contribution in [2.24, 2.45) is 4.99 Å². The molecule has 1 aromatic carbocycles. The lowest BCUT2D eigenvalue weighted by molar-refractivity contribution is -0.121. The largest absolute Gasteiger partial charge is 0.316 e. The molecule has 1 fully saturated rings. The number of halogens is 2. The standard InChI is InChI=1S/C18H17Cl2N3OS/c1-10-7-12(8-16-17(24)22(4)18(21-3)25-16)11(2)23(10)15-6-5-13(19)9-14(15)20/h5-9H,1-4H3/b16-8+,21-18?. The molecule has 0 aliphatic carbocycles. The predicted octanol–water partition coefficient (Wildman–Crippen LogP) is 4.93. The quantitative estimate of drug-likeness (QED) is 0.678. The number of carbonyl (C=O) groups excluding carboxylic acids is 1. The molecular formula is C18H17Cl2N3OS. The first-order valence-corrected chi connectivity index (χ1v) is 9.19. The summed E-state index contributed by atoms with van der Waals surface area (Å²) in [4.78, 5) is 18.7.